The van der Waals surface area contributed by atoms with Gasteiger partial charge in [0.1, 0.15) is 5.76 Å². The maximum atomic E-state index is 10.8. The number of carbonyl (C=O) groups is 1. The number of aryl methyl sites for hydroxylation is 1. The minimum absolute atomic E-state index is 0.00462. The minimum atomic E-state index is -1.94. The highest BCUT2D eigenvalue weighted by Crippen LogP contribution is 2.38. The summed E-state index contributed by atoms with van der Waals surface area (Å²) >= 11 is 1.66. The molecule has 30 heavy (non-hydrogen) atoms. The number of furan rings is 1. The standard InChI is InChI=1S/C24H35NO3SSi/c1-17(13-21-10-11-22(15-26)27-21)9-12-23(28-30(7,8)24(4,5)6)18(2)14-20-16-29-19(3)25-20/h9-11,14-16,23H,12-13H2,1-8H3/b17-9-,18-14+/t23-/m0/s1. The molecule has 2 aromatic heterocycles. The van der Waals surface area contributed by atoms with Crippen molar-refractivity contribution in [3.8, 4) is 0 Å². The molecule has 0 aliphatic heterocycles. The van der Waals surface area contributed by atoms with Gasteiger partial charge in [0.15, 0.2) is 20.4 Å². The number of aldehydes is 1. The molecule has 0 aromatic carbocycles. The van der Waals surface area contributed by atoms with Crippen molar-refractivity contribution in [1.82, 2.24) is 4.98 Å². The molecule has 0 unspecified atom stereocenters. The molecule has 0 aliphatic carbocycles. The number of allylic oxidation sites excluding steroid dienone is 1. The molecule has 0 radical (unpaired) electrons. The fraction of sp³-hybridized carbons (Fsp3) is 0.500. The molecular weight excluding hydrogens is 410 g/mol. The first-order chi connectivity index (χ1) is 13.9. The van der Waals surface area contributed by atoms with E-state index in [2.05, 4.69) is 70.2 Å². The molecule has 0 aliphatic rings. The number of hydrogen-bond donors (Lipinski definition) is 0. The fourth-order valence-corrected chi connectivity index (χ4v) is 4.76. The van der Waals surface area contributed by atoms with E-state index in [1.807, 2.05) is 13.0 Å². The summed E-state index contributed by atoms with van der Waals surface area (Å²) < 4.78 is 12.3. The Bertz CT molecular complexity index is 915. The van der Waals surface area contributed by atoms with Crippen molar-refractivity contribution >= 4 is 32.0 Å². The van der Waals surface area contributed by atoms with Gasteiger partial charge in [0.25, 0.3) is 0 Å². The SMILES string of the molecule is C/C(=C/C[C@H](O[Si](C)(C)C(C)(C)C)/C(C)=C/c1csc(C)n1)Cc1ccc(C=O)o1. The lowest BCUT2D eigenvalue weighted by Gasteiger charge is -2.39. The van der Waals surface area contributed by atoms with Gasteiger partial charge in [-0.25, -0.2) is 4.98 Å². The first kappa shape index (κ1) is 24.5. The summed E-state index contributed by atoms with van der Waals surface area (Å²) in [5.74, 6) is 1.17. The number of hydrogen-bond acceptors (Lipinski definition) is 5. The van der Waals surface area contributed by atoms with E-state index in [0.29, 0.717) is 12.2 Å². The summed E-state index contributed by atoms with van der Waals surface area (Å²) in [6, 6.07) is 3.57. The second-order valence-corrected chi connectivity index (χ2v) is 15.2. The van der Waals surface area contributed by atoms with Crippen LogP contribution in [0.3, 0.4) is 0 Å². The average molecular weight is 446 g/mol. The highest BCUT2D eigenvalue weighted by molar-refractivity contribution is 7.09. The highest BCUT2D eigenvalue weighted by atomic mass is 32.1. The molecule has 2 rings (SSSR count). The molecule has 0 amide bonds. The van der Waals surface area contributed by atoms with Crippen molar-refractivity contribution in [2.75, 3.05) is 0 Å². The second kappa shape index (κ2) is 10.0. The summed E-state index contributed by atoms with van der Waals surface area (Å²) in [6.45, 7) is 17.6. The molecule has 0 bridgehead atoms. The summed E-state index contributed by atoms with van der Waals surface area (Å²) in [5, 5.41) is 3.30. The molecule has 0 saturated heterocycles. The van der Waals surface area contributed by atoms with E-state index >= 15 is 0 Å². The van der Waals surface area contributed by atoms with Gasteiger partial charge in [0, 0.05) is 11.8 Å². The lowest BCUT2D eigenvalue weighted by molar-refractivity contribution is 0.109. The van der Waals surface area contributed by atoms with Crippen LogP contribution in [0.1, 0.15) is 68.1 Å². The largest absolute Gasteiger partial charge is 0.458 e. The lowest BCUT2D eigenvalue weighted by atomic mass is 10.0. The average Bonchev–Trinajstić information content (AvgIpc) is 3.26. The molecule has 1 atom stereocenters. The van der Waals surface area contributed by atoms with E-state index in [4.69, 9.17) is 8.84 Å². The minimum Gasteiger partial charge on any atom is -0.458 e. The van der Waals surface area contributed by atoms with E-state index in [1.54, 1.807) is 17.4 Å². The van der Waals surface area contributed by atoms with Crippen molar-refractivity contribution in [2.24, 2.45) is 0 Å². The number of thiazole rings is 1. The van der Waals surface area contributed by atoms with Crippen LogP contribution in [0.15, 0.2) is 39.2 Å². The number of nitrogens with zero attached hydrogens (tertiary/aromatic N) is 1. The fourth-order valence-electron chi connectivity index (χ4n) is 2.84. The number of carbonyl (C=O) groups excluding carboxylic acids is 1. The van der Waals surface area contributed by atoms with E-state index in [1.165, 1.54) is 11.1 Å². The van der Waals surface area contributed by atoms with Crippen LogP contribution in [0, 0.1) is 6.92 Å². The summed E-state index contributed by atoms with van der Waals surface area (Å²) in [7, 11) is -1.94. The van der Waals surface area contributed by atoms with Crippen LogP contribution in [0.2, 0.25) is 18.1 Å². The van der Waals surface area contributed by atoms with Crippen molar-refractivity contribution in [1.29, 1.82) is 0 Å². The van der Waals surface area contributed by atoms with Crippen molar-refractivity contribution in [3.05, 3.63) is 57.0 Å². The molecule has 2 aromatic rings. The van der Waals surface area contributed by atoms with E-state index in [-0.39, 0.29) is 11.1 Å². The first-order valence-corrected chi connectivity index (χ1v) is 14.2. The smallest absolute Gasteiger partial charge is 0.192 e. The lowest BCUT2D eigenvalue weighted by Crippen LogP contribution is -2.44. The van der Waals surface area contributed by atoms with Gasteiger partial charge in [0.2, 0.25) is 0 Å². The zero-order valence-electron chi connectivity index (χ0n) is 19.5. The maximum Gasteiger partial charge on any atom is 0.192 e. The molecule has 0 fully saturated rings. The van der Waals surface area contributed by atoms with Gasteiger partial charge in [-0.05, 0) is 69.1 Å². The van der Waals surface area contributed by atoms with Gasteiger partial charge in [0.05, 0.1) is 16.8 Å². The van der Waals surface area contributed by atoms with E-state index in [0.717, 1.165) is 29.2 Å². The van der Waals surface area contributed by atoms with Crippen molar-refractivity contribution in [3.63, 3.8) is 0 Å². The second-order valence-electron chi connectivity index (χ2n) is 9.43. The normalized spacial score (nSPS) is 14.8. The Hall–Kier alpha value is -1.76. The highest BCUT2D eigenvalue weighted by Gasteiger charge is 2.39. The maximum absolute atomic E-state index is 10.8. The quantitative estimate of drug-likeness (QED) is 0.232. The summed E-state index contributed by atoms with van der Waals surface area (Å²) in [4.78, 5) is 15.4. The Morgan fingerprint density at radius 3 is 2.53 bits per heavy atom. The van der Waals surface area contributed by atoms with Gasteiger partial charge in [-0.2, -0.15) is 0 Å². The Kier molecular flexibility index (Phi) is 8.19. The zero-order valence-corrected chi connectivity index (χ0v) is 21.4. The van der Waals surface area contributed by atoms with Crippen LogP contribution < -0.4 is 0 Å². The predicted octanol–water partition coefficient (Wildman–Crippen LogP) is 7.23. The number of rotatable bonds is 9. The van der Waals surface area contributed by atoms with E-state index < -0.39 is 8.32 Å². The third-order valence-electron chi connectivity index (χ3n) is 5.70. The van der Waals surface area contributed by atoms with Crippen LogP contribution in [0.4, 0.5) is 0 Å². The van der Waals surface area contributed by atoms with Crippen molar-refractivity contribution < 1.29 is 13.6 Å². The summed E-state index contributed by atoms with van der Waals surface area (Å²) in [5.41, 5.74) is 3.38. The molecular formula is C24H35NO3SSi. The van der Waals surface area contributed by atoms with Crippen molar-refractivity contribution in [2.45, 2.75) is 78.6 Å². The van der Waals surface area contributed by atoms with Crippen LogP contribution in [-0.2, 0) is 10.8 Å². The van der Waals surface area contributed by atoms with Gasteiger partial charge in [-0.1, -0.05) is 32.4 Å². The van der Waals surface area contributed by atoms with E-state index in [9.17, 15) is 4.79 Å². The molecule has 164 valence electrons. The van der Waals surface area contributed by atoms with Crippen LogP contribution >= 0.6 is 11.3 Å². The molecule has 4 nitrogen and oxygen atoms in total. The predicted molar refractivity (Wildman–Crippen MR) is 129 cm³/mol. The molecule has 0 N–H and O–H groups in total. The van der Waals surface area contributed by atoms with Gasteiger partial charge < -0.3 is 8.84 Å². The van der Waals surface area contributed by atoms with Gasteiger partial charge in [-0.15, -0.1) is 11.3 Å². The zero-order chi connectivity index (χ0) is 22.5. The van der Waals surface area contributed by atoms with Crippen LogP contribution in [-0.4, -0.2) is 25.7 Å². The van der Waals surface area contributed by atoms with Crippen LogP contribution in [0.5, 0.6) is 0 Å². The van der Waals surface area contributed by atoms with Gasteiger partial charge >= 0.3 is 0 Å². The van der Waals surface area contributed by atoms with Gasteiger partial charge in [-0.3, -0.25) is 4.79 Å². The third-order valence-corrected chi connectivity index (χ3v) is 11.0. The molecule has 2 heterocycles. The third kappa shape index (κ3) is 6.89. The summed E-state index contributed by atoms with van der Waals surface area (Å²) in [6.07, 6.45) is 6.60. The Morgan fingerprint density at radius 1 is 1.30 bits per heavy atom. The first-order valence-electron chi connectivity index (χ1n) is 10.4. The Balaban J connectivity index is 2.21. The monoisotopic (exact) mass is 445 g/mol. The Morgan fingerprint density at radius 2 is 2.00 bits per heavy atom. The topological polar surface area (TPSA) is 52.3 Å². The molecule has 0 spiro atoms. The number of aromatic nitrogens is 1. The van der Waals surface area contributed by atoms with Crippen LogP contribution in [0.25, 0.3) is 6.08 Å². The molecule has 0 saturated carbocycles. The Labute approximate surface area is 186 Å². The molecule has 6 heteroatoms.